The van der Waals surface area contributed by atoms with Crippen LogP contribution in [0.25, 0.3) is 0 Å². The summed E-state index contributed by atoms with van der Waals surface area (Å²) in [6.45, 7) is 6.00. The smallest absolute Gasteiger partial charge is 0.155 e. The Morgan fingerprint density at radius 3 is 1.22 bits per heavy atom. The van der Waals surface area contributed by atoms with E-state index in [1.54, 1.807) is 0 Å². The van der Waals surface area contributed by atoms with Gasteiger partial charge in [-0.15, -0.1) is 0 Å². The van der Waals surface area contributed by atoms with Crippen LogP contribution in [0.1, 0.15) is 140 Å². The van der Waals surface area contributed by atoms with Crippen molar-refractivity contribution in [3.05, 3.63) is 36.4 Å². The fourth-order valence-electron chi connectivity index (χ4n) is 4.98. The summed E-state index contributed by atoms with van der Waals surface area (Å²) in [5.74, 6) is 4.28. The molecular formula is C30H48N4O2. The molecule has 3 rings (SSSR count). The molecule has 6 nitrogen and oxygen atoms in total. The van der Waals surface area contributed by atoms with Gasteiger partial charge in [-0.2, -0.15) is 0 Å². The first-order valence-electron chi connectivity index (χ1n) is 14.7. The van der Waals surface area contributed by atoms with Crippen molar-refractivity contribution in [3.63, 3.8) is 0 Å². The van der Waals surface area contributed by atoms with E-state index in [4.69, 9.17) is 9.47 Å². The summed E-state index contributed by atoms with van der Waals surface area (Å²) in [4.78, 5) is 18.5. The summed E-state index contributed by atoms with van der Waals surface area (Å²) in [7, 11) is 0. The molecule has 1 aliphatic carbocycles. The molecule has 6 heteroatoms. The molecule has 36 heavy (non-hydrogen) atoms. The molecule has 200 valence electrons. The largest absolute Gasteiger partial charge is 0.490 e. The molecule has 0 radical (unpaired) electrons. The summed E-state index contributed by atoms with van der Waals surface area (Å²) in [6, 6.07) is 0. The maximum atomic E-state index is 5.84. The van der Waals surface area contributed by atoms with Crippen LogP contribution in [0, 0.1) is 0 Å². The molecule has 1 fully saturated rings. The number of unbranched alkanes of at least 4 members (excludes halogenated alkanes) is 10. The van der Waals surface area contributed by atoms with Crippen LogP contribution in [-0.2, 0) is 0 Å². The minimum absolute atomic E-state index is 0.411. The summed E-state index contributed by atoms with van der Waals surface area (Å²) in [6.07, 6.45) is 26.9. The Bertz CT molecular complexity index is 735. The molecule has 0 N–H and O–H groups in total. The summed E-state index contributed by atoms with van der Waals surface area (Å²) >= 11 is 0. The van der Waals surface area contributed by atoms with E-state index >= 15 is 0 Å². The van der Waals surface area contributed by atoms with Gasteiger partial charge in [0.2, 0.25) is 0 Å². The summed E-state index contributed by atoms with van der Waals surface area (Å²) < 4.78 is 11.7. The molecule has 0 unspecified atom stereocenters. The van der Waals surface area contributed by atoms with Crippen molar-refractivity contribution >= 4 is 0 Å². The van der Waals surface area contributed by atoms with Gasteiger partial charge in [0.15, 0.2) is 11.5 Å². The molecule has 0 saturated heterocycles. The van der Waals surface area contributed by atoms with Gasteiger partial charge in [0.05, 0.1) is 38.0 Å². The van der Waals surface area contributed by atoms with Crippen LogP contribution >= 0.6 is 0 Å². The number of ether oxygens (including phenoxy) is 2. The number of hydrogen-bond donors (Lipinski definition) is 0. The Morgan fingerprint density at radius 1 is 0.528 bits per heavy atom. The Morgan fingerprint density at radius 2 is 0.861 bits per heavy atom. The molecule has 0 bridgehead atoms. The van der Waals surface area contributed by atoms with Gasteiger partial charge in [-0.3, -0.25) is 0 Å². The highest BCUT2D eigenvalue weighted by atomic mass is 16.5. The second-order valence-electron chi connectivity index (χ2n) is 10.3. The second-order valence-corrected chi connectivity index (χ2v) is 10.3. The van der Waals surface area contributed by atoms with Crippen LogP contribution in [0.5, 0.6) is 11.5 Å². The number of rotatable bonds is 18. The van der Waals surface area contributed by atoms with Crippen LogP contribution in [-0.4, -0.2) is 33.1 Å². The zero-order chi connectivity index (χ0) is 25.3. The minimum Gasteiger partial charge on any atom is -0.490 e. The SMILES string of the molecule is CCCCCCCCOc1cnc([C@H]2CC[C@H](c3ncc(OCCCCCCCC)cn3)CC2)nc1. The fourth-order valence-corrected chi connectivity index (χ4v) is 4.98. The molecular weight excluding hydrogens is 448 g/mol. The lowest BCUT2D eigenvalue weighted by molar-refractivity contribution is 0.299. The van der Waals surface area contributed by atoms with Crippen LogP contribution in [0.15, 0.2) is 24.8 Å². The third-order valence-electron chi connectivity index (χ3n) is 7.29. The minimum atomic E-state index is 0.411. The van der Waals surface area contributed by atoms with E-state index in [-0.39, 0.29) is 0 Å². The van der Waals surface area contributed by atoms with E-state index in [0.29, 0.717) is 11.8 Å². The third-order valence-corrected chi connectivity index (χ3v) is 7.29. The van der Waals surface area contributed by atoms with E-state index in [1.165, 1.54) is 64.2 Å². The second kappa shape index (κ2) is 17.3. The van der Waals surface area contributed by atoms with Crippen LogP contribution in [0.2, 0.25) is 0 Å². The Kier molecular flexibility index (Phi) is 13.6. The lowest BCUT2D eigenvalue weighted by Crippen LogP contribution is -2.16. The third kappa shape index (κ3) is 10.4. The van der Waals surface area contributed by atoms with Crippen molar-refractivity contribution in [2.75, 3.05) is 13.2 Å². The molecule has 0 amide bonds. The van der Waals surface area contributed by atoms with Gasteiger partial charge in [0.25, 0.3) is 0 Å². The van der Waals surface area contributed by atoms with Crippen molar-refractivity contribution in [2.45, 2.75) is 128 Å². The molecule has 0 atom stereocenters. The van der Waals surface area contributed by atoms with Gasteiger partial charge in [0.1, 0.15) is 11.6 Å². The van der Waals surface area contributed by atoms with Gasteiger partial charge in [0, 0.05) is 11.8 Å². The van der Waals surface area contributed by atoms with Crippen molar-refractivity contribution in [2.24, 2.45) is 0 Å². The molecule has 1 saturated carbocycles. The molecule has 1 aliphatic rings. The van der Waals surface area contributed by atoms with Crippen LogP contribution in [0.3, 0.4) is 0 Å². The highest BCUT2D eigenvalue weighted by molar-refractivity contribution is 5.16. The van der Waals surface area contributed by atoms with E-state index in [0.717, 1.165) is 74.9 Å². The number of hydrogen-bond acceptors (Lipinski definition) is 6. The number of nitrogens with zero attached hydrogens (tertiary/aromatic N) is 4. The maximum absolute atomic E-state index is 5.84. The van der Waals surface area contributed by atoms with Gasteiger partial charge < -0.3 is 9.47 Å². The normalized spacial score (nSPS) is 17.7. The lowest BCUT2D eigenvalue weighted by atomic mass is 9.81. The monoisotopic (exact) mass is 496 g/mol. The van der Waals surface area contributed by atoms with E-state index in [2.05, 4.69) is 33.8 Å². The first kappa shape index (κ1) is 28.3. The van der Waals surface area contributed by atoms with Crippen molar-refractivity contribution in [1.82, 2.24) is 19.9 Å². The fraction of sp³-hybridized carbons (Fsp3) is 0.733. The quantitative estimate of drug-likeness (QED) is 0.194. The first-order valence-corrected chi connectivity index (χ1v) is 14.7. The molecule has 0 aliphatic heterocycles. The maximum Gasteiger partial charge on any atom is 0.155 e. The van der Waals surface area contributed by atoms with Gasteiger partial charge in [-0.05, 0) is 38.5 Å². The van der Waals surface area contributed by atoms with Gasteiger partial charge in [-0.1, -0.05) is 78.1 Å². The van der Waals surface area contributed by atoms with Crippen molar-refractivity contribution < 1.29 is 9.47 Å². The van der Waals surface area contributed by atoms with Crippen molar-refractivity contribution in [3.8, 4) is 11.5 Å². The average molecular weight is 497 g/mol. The highest BCUT2D eigenvalue weighted by Gasteiger charge is 2.26. The van der Waals surface area contributed by atoms with E-state index in [1.807, 2.05) is 24.8 Å². The summed E-state index contributed by atoms with van der Waals surface area (Å²) in [5, 5.41) is 0. The zero-order valence-corrected chi connectivity index (χ0v) is 22.8. The average Bonchev–Trinajstić information content (AvgIpc) is 2.93. The molecule has 2 aromatic heterocycles. The first-order chi connectivity index (χ1) is 17.8. The van der Waals surface area contributed by atoms with Crippen LogP contribution < -0.4 is 9.47 Å². The van der Waals surface area contributed by atoms with Crippen LogP contribution in [0.4, 0.5) is 0 Å². The predicted molar refractivity (Wildman–Crippen MR) is 146 cm³/mol. The molecule has 0 aromatic carbocycles. The van der Waals surface area contributed by atoms with E-state index in [9.17, 15) is 0 Å². The van der Waals surface area contributed by atoms with Gasteiger partial charge >= 0.3 is 0 Å². The highest BCUT2D eigenvalue weighted by Crippen LogP contribution is 2.38. The van der Waals surface area contributed by atoms with E-state index < -0.39 is 0 Å². The zero-order valence-electron chi connectivity index (χ0n) is 22.8. The molecule has 2 aromatic rings. The Hall–Kier alpha value is -2.24. The molecule has 2 heterocycles. The Labute approximate surface area is 219 Å². The standard InChI is InChI=1S/C30H48N4O2/c1-3-5-7-9-11-13-19-35-27-21-31-29(32-22-27)25-15-17-26(18-16-25)30-33-23-28(24-34-30)36-20-14-12-10-8-6-4-2/h21-26H,3-20H2,1-2H3/t25-,26-. The summed E-state index contributed by atoms with van der Waals surface area (Å²) in [5.41, 5.74) is 0. The van der Waals surface area contributed by atoms with Crippen molar-refractivity contribution in [1.29, 1.82) is 0 Å². The molecule has 0 spiro atoms. The number of aromatic nitrogens is 4. The lowest BCUT2D eigenvalue weighted by Gasteiger charge is -2.26. The topological polar surface area (TPSA) is 70.0 Å². The Balaban J connectivity index is 1.32. The van der Waals surface area contributed by atoms with Gasteiger partial charge in [-0.25, -0.2) is 19.9 Å². The predicted octanol–water partition coefficient (Wildman–Crippen LogP) is 8.19.